The molecule has 1 atom stereocenters. The zero-order valence-corrected chi connectivity index (χ0v) is 21.9. The van der Waals surface area contributed by atoms with Crippen molar-refractivity contribution in [2.75, 3.05) is 12.8 Å². The van der Waals surface area contributed by atoms with Crippen molar-refractivity contribution >= 4 is 16.1 Å². The number of sulfonamides is 1. The number of carbonyl (C=O) groups excluding carboxylic acids is 1. The molecule has 9 nitrogen and oxygen atoms in total. The molecule has 0 saturated carbocycles. The minimum atomic E-state index is -3.26. The van der Waals surface area contributed by atoms with Gasteiger partial charge in [0.15, 0.2) is 0 Å². The van der Waals surface area contributed by atoms with Gasteiger partial charge in [0.2, 0.25) is 21.7 Å². The van der Waals surface area contributed by atoms with Gasteiger partial charge in [-0.05, 0) is 42.0 Å². The molecule has 0 spiro atoms. The maximum absolute atomic E-state index is 12.6. The van der Waals surface area contributed by atoms with Crippen LogP contribution in [0.2, 0.25) is 0 Å². The van der Waals surface area contributed by atoms with Crippen LogP contribution in [0.15, 0.2) is 89.5 Å². The van der Waals surface area contributed by atoms with Crippen LogP contribution < -0.4 is 10.0 Å². The number of hydrogen-bond acceptors (Lipinski definition) is 7. The highest BCUT2D eigenvalue weighted by atomic mass is 32.2. The minimum absolute atomic E-state index is 0.124. The summed E-state index contributed by atoms with van der Waals surface area (Å²) in [7, 11) is -3.26. The summed E-state index contributed by atoms with van der Waals surface area (Å²) in [6.45, 7) is 0.421. The Hall–Kier alpha value is -4.02. The molecule has 38 heavy (non-hydrogen) atoms. The lowest BCUT2D eigenvalue weighted by molar-refractivity contribution is 0.132. The predicted molar refractivity (Wildman–Crippen MR) is 144 cm³/mol. The number of benzene rings is 3. The van der Waals surface area contributed by atoms with Crippen LogP contribution in [0.25, 0.3) is 22.5 Å². The molecule has 0 aliphatic heterocycles. The van der Waals surface area contributed by atoms with Gasteiger partial charge in [-0.1, -0.05) is 84.0 Å². The molecule has 0 aliphatic rings. The van der Waals surface area contributed by atoms with Crippen LogP contribution in [0.1, 0.15) is 36.8 Å². The number of nitrogens with one attached hydrogen (secondary N) is 2. The first kappa shape index (κ1) is 27.0. The summed E-state index contributed by atoms with van der Waals surface area (Å²) in [6.07, 6.45) is 2.14. The molecule has 1 unspecified atom stereocenters. The molecule has 4 rings (SSSR count). The molecule has 0 bridgehead atoms. The highest BCUT2D eigenvalue weighted by Crippen LogP contribution is 2.26. The second-order valence-corrected chi connectivity index (χ2v) is 10.7. The standard InChI is InChI=1S/C28H30N4O5S/c1-38(34,35)29-18-9-8-17-25(30-28(33)36-20-21-11-4-2-5-12-21)27-31-26(32-37-27)24-16-10-15-23(19-24)22-13-6-3-7-14-22/h2-7,10-16,19,25,29H,8-9,17-18,20H2,1H3,(H,30,33). The summed E-state index contributed by atoms with van der Waals surface area (Å²) in [4.78, 5) is 17.1. The van der Waals surface area contributed by atoms with Gasteiger partial charge in [0.25, 0.3) is 0 Å². The van der Waals surface area contributed by atoms with Gasteiger partial charge in [0.1, 0.15) is 12.6 Å². The molecule has 10 heteroatoms. The third-order valence-corrected chi connectivity index (χ3v) is 6.48. The van der Waals surface area contributed by atoms with Crippen molar-refractivity contribution in [2.24, 2.45) is 0 Å². The van der Waals surface area contributed by atoms with Crippen LogP contribution in [-0.2, 0) is 21.4 Å². The van der Waals surface area contributed by atoms with E-state index >= 15 is 0 Å². The van der Waals surface area contributed by atoms with Crippen LogP contribution in [0.5, 0.6) is 0 Å². The second-order valence-electron chi connectivity index (χ2n) is 8.82. The van der Waals surface area contributed by atoms with E-state index in [2.05, 4.69) is 20.2 Å². The molecule has 2 N–H and O–H groups in total. The van der Waals surface area contributed by atoms with Crippen LogP contribution in [0, 0.1) is 0 Å². The number of nitrogens with zero attached hydrogens (tertiary/aromatic N) is 2. The van der Waals surface area contributed by atoms with E-state index in [1.54, 1.807) is 0 Å². The van der Waals surface area contributed by atoms with Gasteiger partial charge in [0, 0.05) is 12.1 Å². The predicted octanol–water partition coefficient (Wildman–Crippen LogP) is 5.09. The lowest BCUT2D eigenvalue weighted by Crippen LogP contribution is -2.29. The summed E-state index contributed by atoms with van der Waals surface area (Å²) >= 11 is 0. The van der Waals surface area contributed by atoms with E-state index in [1.165, 1.54) is 0 Å². The van der Waals surface area contributed by atoms with Crippen molar-refractivity contribution in [1.82, 2.24) is 20.2 Å². The van der Waals surface area contributed by atoms with Crippen LogP contribution >= 0.6 is 0 Å². The Balaban J connectivity index is 1.45. The lowest BCUT2D eigenvalue weighted by atomic mass is 10.0. The number of hydrogen-bond donors (Lipinski definition) is 2. The fourth-order valence-electron chi connectivity index (χ4n) is 3.86. The Morgan fingerprint density at radius 2 is 1.61 bits per heavy atom. The monoisotopic (exact) mass is 534 g/mol. The van der Waals surface area contributed by atoms with Gasteiger partial charge in [-0.3, -0.25) is 0 Å². The van der Waals surface area contributed by atoms with E-state index < -0.39 is 22.2 Å². The van der Waals surface area contributed by atoms with Gasteiger partial charge in [-0.2, -0.15) is 4.98 Å². The van der Waals surface area contributed by atoms with Crippen molar-refractivity contribution in [3.8, 4) is 22.5 Å². The molecule has 0 radical (unpaired) electrons. The van der Waals surface area contributed by atoms with Crippen molar-refractivity contribution in [1.29, 1.82) is 0 Å². The number of carbonyl (C=O) groups is 1. The van der Waals surface area contributed by atoms with Gasteiger partial charge in [0.05, 0.1) is 6.26 Å². The van der Waals surface area contributed by atoms with E-state index in [9.17, 15) is 13.2 Å². The van der Waals surface area contributed by atoms with Crippen LogP contribution in [0.4, 0.5) is 4.79 Å². The quantitative estimate of drug-likeness (QED) is 0.243. The Morgan fingerprint density at radius 3 is 2.34 bits per heavy atom. The van der Waals surface area contributed by atoms with E-state index in [1.807, 2.05) is 84.9 Å². The van der Waals surface area contributed by atoms with Gasteiger partial charge in [-0.25, -0.2) is 17.9 Å². The topological polar surface area (TPSA) is 123 Å². The van der Waals surface area contributed by atoms with Gasteiger partial charge >= 0.3 is 6.09 Å². The first-order chi connectivity index (χ1) is 18.4. The summed E-state index contributed by atoms with van der Waals surface area (Å²) in [5.41, 5.74) is 3.74. The smallest absolute Gasteiger partial charge is 0.408 e. The van der Waals surface area contributed by atoms with Crippen LogP contribution in [0.3, 0.4) is 0 Å². The number of amides is 1. The van der Waals surface area contributed by atoms with E-state index in [0.717, 1.165) is 28.5 Å². The molecular formula is C28H30N4O5S. The van der Waals surface area contributed by atoms with Gasteiger partial charge < -0.3 is 14.6 Å². The molecule has 0 aliphatic carbocycles. The minimum Gasteiger partial charge on any atom is -0.445 e. The number of alkyl carbamates (subject to hydrolysis) is 1. The Kier molecular flexibility index (Phi) is 9.23. The number of unbranched alkanes of at least 4 members (excludes halogenated alkanes) is 1. The second kappa shape index (κ2) is 13.0. The molecule has 0 fully saturated rings. The van der Waals surface area contributed by atoms with E-state index in [-0.39, 0.29) is 12.5 Å². The highest BCUT2D eigenvalue weighted by molar-refractivity contribution is 7.88. The fourth-order valence-corrected chi connectivity index (χ4v) is 4.37. The maximum Gasteiger partial charge on any atom is 0.408 e. The summed E-state index contributed by atoms with van der Waals surface area (Å²) < 4.78 is 36.0. The zero-order valence-electron chi connectivity index (χ0n) is 21.0. The maximum atomic E-state index is 12.6. The highest BCUT2D eigenvalue weighted by Gasteiger charge is 2.22. The van der Waals surface area contributed by atoms with Crippen LogP contribution in [-0.4, -0.2) is 37.5 Å². The lowest BCUT2D eigenvalue weighted by Gasteiger charge is -2.15. The fraction of sp³-hybridized carbons (Fsp3) is 0.250. The normalized spacial score (nSPS) is 12.1. The molecular weight excluding hydrogens is 504 g/mol. The molecule has 1 amide bonds. The number of aromatic nitrogens is 2. The van der Waals surface area contributed by atoms with E-state index in [4.69, 9.17) is 9.26 Å². The summed E-state index contributed by atoms with van der Waals surface area (Å²) in [6, 6.07) is 26.6. The third kappa shape index (κ3) is 8.25. The molecule has 0 saturated heterocycles. The van der Waals surface area contributed by atoms with E-state index in [0.29, 0.717) is 31.6 Å². The average molecular weight is 535 g/mol. The van der Waals surface area contributed by atoms with Crippen molar-refractivity contribution < 1.29 is 22.5 Å². The Bertz CT molecular complexity index is 1430. The number of ether oxygens (including phenoxy) is 1. The largest absolute Gasteiger partial charge is 0.445 e. The Labute approximate surface area is 222 Å². The zero-order chi connectivity index (χ0) is 26.8. The van der Waals surface area contributed by atoms with Crippen molar-refractivity contribution in [3.63, 3.8) is 0 Å². The van der Waals surface area contributed by atoms with Crippen molar-refractivity contribution in [3.05, 3.63) is 96.4 Å². The Morgan fingerprint density at radius 1 is 0.921 bits per heavy atom. The molecule has 1 aromatic heterocycles. The average Bonchev–Trinajstić information content (AvgIpc) is 3.42. The summed E-state index contributed by atoms with van der Waals surface area (Å²) in [5, 5.41) is 6.97. The first-order valence-corrected chi connectivity index (χ1v) is 14.2. The first-order valence-electron chi connectivity index (χ1n) is 12.3. The molecule has 4 aromatic rings. The molecule has 198 valence electrons. The SMILES string of the molecule is CS(=O)(=O)NCCCCC(NC(=O)OCc1ccccc1)c1nc(-c2cccc(-c3ccccc3)c2)no1. The van der Waals surface area contributed by atoms with Crippen molar-refractivity contribution in [2.45, 2.75) is 31.9 Å². The summed E-state index contributed by atoms with van der Waals surface area (Å²) in [5.74, 6) is 0.652. The third-order valence-electron chi connectivity index (χ3n) is 5.76. The number of rotatable bonds is 12. The van der Waals surface area contributed by atoms with Gasteiger partial charge in [-0.15, -0.1) is 0 Å². The molecule has 1 heterocycles. The molecule has 3 aromatic carbocycles.